The number of imide groups is 1. The van der Waals surface area contributed by atoms with E-state index in [1.165, 1.54) is 16.2 Å². The molecule has 0 aromatic carbocycles. The molecule has 1 fully saturated rings. The van der Waals surface area contributed by atoms with E-state index in [-0.39, 0.29) is 11.8 Å². The first-order chi connectivity index (χ1) is 10.1. The molecule has 0 radical (unpaired) electrons. The van der Waals surface area contributed by atoms with Crippen LogP contribution in [0.1, 0.15) is 11.8 Å². The first-order valence-corrected chi connectivity index (χ1v) is 8.09. The number of hydrogen-bond acceptors (Lipinski definition) is 5. The van der Waals surface area contributed by atoms with Crippen molar-refractivity contribution >= 4 is 28.7 Å². The number of likely N-dealkylation sites (N-methyl/N-ethyl adjacent to an activating group) is 2. The number of amides is 2. The third kappa shape index (κ3) is 2.38. The molecule has 1 aromatic rings. The molecule has 0 N–H and O–H groups in total. The Kier molecular flexibility index (Phi) is 3.82. The fourth-order valence-corrected chi connectivity index (χ4v) is 3.61. The fourth-order valence-electron chi connectivity index (χ4n) is 2.85. The van der Waals surface area contributed by atoms with Crippen molar-refractivity contribution in [1.82, 2.24) is 14.7 Å². The van der Waals surface area contributed by atoms with E-state index in [0.717, 1.165) is 37.6 Å². The minimum Gasteiger partial charge on any atom is -0.364 e. The quantitative estimate of drug-likeness (QED) is 0.784. The highest BCUT2D eigenvalue weighted by molar-refractivity contribution is 7.11. The second-order valence-electron chi connectivity index (χ2n) is 5.29. The van der Waals surface area contributed by atoms with Crippen LogP contribution in [-0.4, -0.2) is 66.3 Å². The van der Waals surface area contributed by atoms with Gasteiger partial charge in [-0.3, -0.25) is 14.5 Å². The van der Waals surface area contributed by atoms with Gasteiger partial charge in [0.15, 0.2) is 0 Å². The first kappa shape index (κ1) is 14.3. The molecule has 2 amide bonds. The average molecular weight is 305 g/mol. The largest absolute Gasteiger partial charge is 0.364 e. The number of nitrogens with zero attached hydrogens (tertiary/aromatic N) is 3. The van der Waals surface area contributed by atoms with Crippen LogP contribution in [-0.2, 0) is 9.59 Å². The minimum absolute atomic E-state index is 0.173. The topological polar surface area (TPSA) is 43.9 Å². The van der Waals surface area contributed by atoms with Gasteiger partial charge in [0.25, 0.3) is 11.8 Å². The monoisotopic (exact) mass is 305 g/mol. The third-order valence-corrected chi connectivity index (χ3v) is 5.05. The zero-order chi connectivity index (χ0) is 15.0. The lowest BCUT2D eigenvalue weighted by Gasteiger charge is -2.35. The third-order valence-electron chi connectivity index (χ3n) is 4.17. The fraction of sp³-hybridized carbons (Fsp3) is 0.467. The molecule has 0 spiro atoms. The van der Waals surface area contributed by atoms with Gasteiger partial charge in [-0.15, -0.1) is 11.3 Å². The summed E-state index contributed by atoms with van der Waals surface area (Å²) in [4.78, 5) is 31.4. The Morgan fingerprint density at radius 2 is 1.86 bits per heavy atom. The Hall–Kier alpha value is -1.66. The maximum absolute atomic E-state index is 12.5. The SMILES string of the molecule is CCN1CCN(C2=C(c3cccs3)C(=O)N(C)C2=O)CC1. The number of rotatable bonds is 3. The predicted molar refractivity (Wildman–Crippen MR) is 82.7 cm³/mol. The summed E-state index contributed by atoms with van der Waals surface area (Å²) in [5.74, 6) is -0.358. The van der Waals surface area contributed by atoms with Crippen molar-refractivity contribution in [3.05, 3.63) is 28.1 Å². The van der Waals surface area contributed by atoms with Crippen molar-refractivity contribution in [2.75, 3.05) is 39.8 Å². The Morgan fingerprint density at radius 1 is 1.14 bits per heavy atom. The van der Waals surface area contributed by atoms with Gasteiger partial charge in [-0.2, -0.15) is 0 Å². The summed E-state index contributed by atoms with van der Waals surface area (Å²) in [7, 11) is 1.56. The van der Waals surface area contributed by atoms with Gasteiger partial charge < -0.3 is 9.80 Å². The Bertz CT molecular complexity index is 586. The summed E-state index contributed by atoms with van der Waals surface area (Å²) in [5.41, 5.74) is 1.16. The molecule has 5 nitrogen and oxygen atoms in total. The smallest absolute Gasteiger partial charge is 0.277 e. The van der Waals surface area contributed by atoms with E-state index in [9.17, 15) is 9.59 Å². The van der Waals surface area contributed by atoms with Crippen LogP contribution in [0.5, 0.6) is 0 Å². The number of carbonyl (C=O) groups is 2. The molecular formula is C15H19N3O2S. The standard InChI is InChI=1S/C15H19N3O2S/c1-3-17-6-8-18(9-7-17)13-12(11-5-4-10-21-11)14(19)16(2)15(13)20/h4-5,10H,3,6-9H2,1-2H3. The lowest BCUT2D eigenvalue weighted by molar-refractivity contribution is -0.136. The summed E-state index contributed by atoms with van der Waals surface area (Å²) in [6.07, 6.45) is 0. The Labute approximate surface area is 128 Å². The highest BCUT2D eigenvalue weighted by Crippen LogP contribution is 2.33. The molecule has 112 valence electrons. The maximum Gasteiger partial charge on any atom is 0.277 e. The highest BCUT2D eigenvalue weighted by Gasteiger charge is 2.40. The molecule has 3 rings (SSSR count). The number of piperazine rings is 1. The second kappa shape index (κ2) is 5.61. The Morgan fingerprint density at radius 3 is 2.43 bits per heavy atom. The van der Waals surface area contributed by atoms with E-state index in [4.69, 9.17) is 0 Å². The summed E-state index contributed by atoms with van der Waals surface area (Å²) in [6, 6.07) is 3.82. The summed E-state index contributed by atoms with van der Waals surface area (Å²) < 4.78 is 0. The van der Waals surface area contributed by atoms with Gasteiger partial charge in [0.1, 0.15) is 5.70 Å². The van der Waals surface area contributed by atoms with Crippen molar-refractivity contribution in [2.45, 2.75) is 6.92 Å². The van der Waals surface area contributed by atoms with Crippen LogP contribution < -0.4 is 0 Å². The van der Waals surface area contributed by atoms with Crippen LogP contribution in [0.25, 0.3) is 5.57 Å². The van der Waals surface area contributed by atoms with E-state index in [0.29, 0.717) is 11.3 Å². The normalized spacial score (nSPS) is 20.9. The molecule has 2 aliphatic heterocycles. The van der Waals surface area contributed by atoms with Gasteiger partial charge in [0.05, 0.1) is 5.57 Å². The molecule has 6 heteroatoms. The van der Waals surface area contributed by atoms with E-state index >= 15 is 0 Å². The molecule has 1 aromatic heterocycles. The van der Waals surface area contributed by atoms with Crippen LogP contribution in [0, 0.1) is 0 Å². The van der Waals surface area contributed by atoms with Crippen molar-refractivity contribution in [2.24, 2.45) is 0 Å². The summed E-state index contributed by atoms with van der Waals surface area (Å²) in [6.45, 7) is 6.63. The molecule has 3 heterocycles. The lowest BCUT2D eigenvalue weighted by atomic mass is 10.1. The van der Waals surface area contributed by atoms with Crippen molar-refractivity contribution < 1.29 is 9.59 Å². The zero-order valence-electron chi connectivity index (χ0n) is 12.3. The number of hydrogen-bond donors (Lipinski definition) is 0. The predicted octanol–water partition coefficient (Wildman–Crippen LogP) is 1.10. The van der Waals surface area contributed by atoms with Crippen LogP contribution in [0.15, 0.2) is 23.2 Å². The van der Waals surface area contributed by atoms with Crippen LogP contribution in [0.3, 0.4) is 0 Å². The van der Waals surface area contributed by atoms with E-state index in [2.05, 4.69) is 16.7 Å². The van der Waals surface area contributed by atoms with Gasteiger partial charge in [-0.25, -0.2) is 0 Å². The average Bonchev–Trinajstić information content (AvgIpc) is 3.10. The molecule has 0 bridgehead atoms. The van der Waals surface area contributed by atoms with Gasteiger partial charge in [-0.05, 0) is 18.0 Å². The summed E-state index contributed by atoms with van der Waals surface area (Å²) in [5, 5.41) is 1.94. The maximum atomic E-state index is 12.5. The second-order valence-corrected chi connectivity index (χ2v) is 6.24. The minimum atomic E-state index is -0.185. The number of carbonyl (C=O) groups excluding carboxylic acids is 2. The van der Waals surface area contributed by atoms with Crippen molar-refractivity contribution in [3.8, 4) is 0 Å². The molecule has 0 aliphatic carbocycles. The molecule has 1 saturated heterocycles. The Balaban J connectivity index is 1.96. The first-order valence-electron chi connectivity index (χ1n) is 7.21. The molecule has 2 aliphatic rings. The molecule has 0 saturated carbocycles. The van der Waals surface area contributed by atoms with E-state index in [1.54, 1.807) is 7.05 Å². The molecule has 0 unspecified atom stereocenters. The van der Waals surface area contributed by atoms with Crippen molar-refractivity contribution in [3.63, 3.8) is 0 Å². The van der Waals surface area contributed by atoms with E-state index < -0.39 is 0 Å². The highest BCUT2D eigenvalue weighted by atomic mass is 32.1. The van der Waals surface area contributed by atoms with Gasteiger partial charge >= 0.3 is 0 Å². The van der Waals surface area contributed by atoms with E-state index in [1.807, 2.05) is 17.5 Å². The van der Waals surface area contributed by atoms with Gasteiger partial charge in [0, 0.05) is 38.1 Å². The zero-order valence-corrected chi connectivity index (χ0v) is 13.2. The number of thiophene rings is 1. The molecule has 21 heavy (non-hydrogen) atoms. The van der Waals surface area contributed by atoms with Gasteiger partial charge in [-0.1, -0.05) is 13.0 Å². The molecular weight excluding hydrogens is 286 g/mol. The lowest BCUT2D eigenvalue weighted by Crippen LogP contribution is -2.47. The molecule has 0 atom stereocenters. The van der Waals surface area contributed by atoms with Crippen LogP contribution in [0.2, 0.25) is 0 Å². The van der Waals surface area contributed by atoms with Crippen molar-refractivity contribution in [1.29, 1.82) is 0 Å². The summed E-state index contributed by atoms with van der Waals surface area (Å²) >= 11 is 1.51. The van der Waals surface area contributed by atoms with Crippen LogP contribution in [0.4, 0.5) is 0 Å². The van der Waals surface area contributed by atoms with Crippen LogP contribution >= 0.6 is 11.3 Å². The van der Waals surface area contributed by atoms with Gasteiger partial charge in [0.2, 0.25) is 0 Å².